The van der Waals surface area contributed by atoms with Crippen LogP contribution in [0, 0.1) is 0 Å². The summed E-state index contributed by atoms with van der Waals surface area (Å²) >= 11 is 0. The standard InChI is InChI=1S/C22H16N2O/c1-11-12-6-2-3-7-13(12)18-15-10-23-22(25)20(15)19-14-8-4-5-9-16(14)24-21(19)17(11)18/h2-9,21,24H,10H2,1H3,(H,23,25). The molecule has 6 rings (SSSR count). The second-order valence-electron chi connectivity index (χ2n) is 7.03. The third kappa shape index (κ3) is 1.45. The lowest BCUT2D eigenvalue weighted by molar-refractivity contribution is -0.116. The highest BCUT2D eigenvalue weighted by molar-refractivity contribution is 6.20. The lowest BCUT2D eigenvalue weighted by Crippen LogP contribution is -2.24. The zero-order valence-electron chi connectivity index (χ0n) is 13.8. The molecule has 0 saturated carbocycles. The molecule has 2 aliphatic carbocycles. The van der Waals surface area contributed by atoms with Crippen molar-refractivity contribution in [2.24, 2.45) is 0 Å². The largest absolute Gasteiger partial charge is 0.374 e. The van der Waals surface area contributed by atoms with Gasteiger partial charge in [-0.1, -0.05) is 42.5 Å². The van der Waals surface area contributed by atoms with E-state index in [-0.39, 0.29) is 11.9 Å². The summed E-state index contributed by atoms with van der Waals surface area (Å²) in [6.45, 7) is 2.83. The average Bonchev–Trinajstić information content (AvgIpc) is 3.28. The minimum Gasteiger partial charge on any atom is -0.374 e. The summed E-state index contributed by atoms with van der Waals surface area (Å²) in [6, 6.07) is 16.9. The summed E-state index contributed by atoms with van der Waals surface area (Å²) in [7, 11) is 0. The van der Waals surface area contributed by atoms with Crippen LogP contribution in [0.5, 0.6) is 0 Å². The summed E-state index contributed by atoms with van der Waals surface area (Å²) in [5.41, 5.74) is 11.9. The molecule has 2 aromatic rings. The Bertz CT molecular complexity index is 1100. The van der Waals surface area contributed by atoms with Gasteiger partial charge in [0.25, 0.3) is 5.91 Å². The number of allylic oxidation sites excluding steroid dienone is 1. The molecule has 0 spiro atoms. The molecule has 1 amide bonds. The number of rotatable bonds is 0. The second-order valence-corrected chi connectivity index (χ2v) is 7.03. The molecule has 2 heterocycles. The fourth-order valence-electron chi connectivity index (χ4n) is 4.90. The van der Waals surface area contributed by atoms with Gasteiger partial charge in [0.2, 0.25) is 0 Å². The van der Waals surface area contributed by atoms with Crippen LogP contribution in [0.25, 0.3) is 16.7 Å². The zero-order chi connectivity index (χ0) is 16.7. The summed E-state index contributed by atoms with van der Waals surface area (Å²) in [5.74, 6) is 0.0575. The van der Waals surface area contributed by atoms with Crippen LogP contribution in [-0.4, -0.2) is 18.5 Å². The molecule has 1 saturated heterocycles. The maximum Gasteiger partial charge on any atom is 0.252 e. The smallest absolute Gasteiger partial charge is 0.252 e. The van der Waals surface area contributed by atoms with Crippen LogP contribution in [-0.2, 0) is 4.79 Å². The molecule has 3 heteroatoms. The molecular formula is C22H16N2O. The molecule has 25 heavy (non-hydrogen) atoms. The maximum absolute atomic E-state index is 12.7. The van der Waals surface area contributed by atoms with Gasteiger partial charge >= 0.3 is 0 Å². The van der Waals surface area contributed by atoms with Crippen LogP contribution in [0.15, 0.2) is 65.3 Å². The third-order valence-electron chi connectivity index (χ3n) is 5.89. The summed E-state index contributed by atoms with van der Waals surface area (Å²) in [4.78, 5) is 12.7. The molecule has 3 nitrogen and oxygen atoms in total. The Labute approximate surface area is 145 Å². The van der Waals surface area contributed by atoms with Crippen molar-refractivity contribution >= 4 is 28.3 Å². The number of anilines is 1. The number of hydrogen-bond donors (Lipinski definition) is 2. The second kappa shape index (κ2) is 4.31. The van der Waals surface area contributed by atoms with Gasteiger partial charge in [-0.2, -0.15) is 0 Å². The summed E-state index contributed by atoms with van der Waals surface area (Å²) < 4.78 is 0. The van der Waals surface area contributed by atoms with E-state index in [0.29, 0.717) is 6.54 Å². The van der Waals surface area contributed by atoms with Gasteiger partial charge < -0.3 is 10.6 Å². The minimum atomic E-state index is 0.0575. The predicted molar refractivity (Wildman–Crippen MR) is 99.7 cm³/mol. The number of amides is 1. The molecule has 2 aliphatic heterocycles. The first-order valence-corrected chi connectivity index (χ1v) is 8.68. The van der Waals surface area contributed by atoms with E-state index in [1.54, 1.807) is 0 Å². The van der Waals surface area contributed by atoms with Crippen molar-refractivity contribution in [2.75, 3.05) is 11.9 Å². The molecule has 4 aliphatic rings. The van der Waals surface area contributed by atoms with Gasteiger partial charge in [0.15, 0.2) is 0 Å². The topological polar surface area (TPSA) is 41.1 Å². The quantitative estimate of drug-likeness (QED) is 0.777. The van der Waals surface area contributed by atoms with E-state index in [1.807, 2.05) is 12.1 Å². The number of fused-ring (bicyclic) bond motifs is 8. The Balaban J connectivity index is 1.75. The van der Waals surface area contributed by atoms with Gasteiger partial charge in [0.1, 0.15) is 0 Å². The van der Waals surface area contributed by atoms with E-state index in [2.05, 4.69) is 54.0 Å². The number of para-hydroxylation sites is 1. The van der Waals surface area contributed by atoms with Crippen molar-refractivity contribution in [3.63, 3.8) is 0 Å². The lowest BCUT2D eigenvalue weighted by Gasteiger charge is -2.26. The highest BCUT2D eigenvalue weighted by Crippen LogP contribution is 2.55. The number of benzene rings is 2. The summed E-state index contributed by atoms with van der Waals surface area (Å²) in [6.07, 6.45) is 0. The molecular weight excluding hydrogens is 308 g/mol. The van der Waals surface area contributed by atoms with Crippen LogP contribution in [0.4, 0.5) is 5.69 Å². The van der Waals surface area contributed by atoms with E-state index in [0.717, 1.165) is 28.0 Å². The Morgan fingerprint density at radius 2 is 1.60 bits per heavy atom. The van der Waals surface area contributed by atoms with Gasteiger partial charge in [0, 0.05) is 23.4 Å². The normalized spacial score (nSPS) is 22.3. The molecule has 0 aromatic heterocycles. The molecule has 1 unspecified atom stereocenters. The van der Waals surface area contributed by atoms with Crippen molar-refractivity contribution in [3.05, 3.63) is 81.9 Å². The predicted octanol–water partition coefficient (Wildman–Crippen LogP) is 3.62. The highest BCUT2D eigenvalue weighted by atomic mass is 16.2. The van der Waals surface area contributed by atoms with Gasteiger partial charge in [-0.05, 0) is 46.4 Å². The third-order valence-corrected chi connectivity index (χ3v) is 5.89. The number of carbonyl (C=O) groups excluding carboxylic acids is 1. The molecule has 2 aromatic carbocycles. The lowest BCUT2D eigenvalue weighted by atomic mass is 9.78. The molecule has 0 bridgehead atoms. The number of carbonyl (C=O) groups is 1. The zero-order valence-corrected chi connectivity index (χ0v) is 13.8. The molecule has 2 N–H and O–H groups in total. The van der Waals surface area contributed by atoms with E-state index >= 15 is 0 Å². The SMILES string of the molecule is CC1=C2C(=C3CNC(=O)C3=C3c4ccccc4NC23)c2ccccc21. The van der Waals surface area contributed by atoms with Crippen LogP contribution >= 0.6 is 0 Å². The Morgan fingerprint density at radius 1 is 0.880 bits per heavy atom. The van der Waals surface area contributed by atoms with Crippen LogP contribution in [0.2, 0.25) is 0 Å². The van der Waals surface area contributed by atoms with E-state index < -0.39 is 0 Å². The maximum atomic E-state index is 12.7. The molecule has 0 radical (unpaired) electrons. The van der Waals surface area contributed by atoms with Crippen LogP contribution in [0.1, 0.15) is 23.6 Å². The molecule has 1 fully saturated rings. The molecule has 120 valence electrons. The highest BCUT2D eigenvalue weighted by Gasteiger charge is 2.46. The van der Waals surface area contributed by atoms with Crippen molar-refractivity contribution in [1.29, 1.82) is 0 Å². The first-order chi connectivity index (χ1) is 12.3. The van der Waals surface area contributed by atoms with Gasteiger partial charge in [-0.15, -0.1) is 0 Å². The Hall–Kier alpha value is -3.07. The van der Waals surface area contributed by atoms with Crippen molar-refractivity contribution in [1.82, 2.24) is 5.32 Å². The minimum absolute atomic E-state index is 0.0575. The van der Waals surface area contributed by atoms with Gasteiger partial charge in [-0.25, -0.2) is 0 Å². The van der Waals surface area contributed by atoms with Gasteiger partial charge in [0.05, 0.1) is 11.6 Å². The average molecular weight is 324 g/mol. The number of nitrogens with one attached hydrogen (secondary N) is 2. The Kier molecular flexibility index (Phi) is 2.28. The molecule has 1 atom stereocenters. The van der Waals surface area contributed by atoms with Crippen molar-refractivity contribution < 1.29 is 4.79 Å². The van der Waals surface area contributed by atoms with E-state index in [1.165, 1.54) is 27.8 Å². The van der Waals surface area contributed by atoms with Crippen molar-refractivity contribution in [2.45, 2.75) is 13.0 Å². The monoisotopic (exact) mass is 324 g/mol. The fourth-order valence-corrected chi connectivity index (χ4v) is 4.90. The fraction of sp³-hybridized carbons (Fsp3) is 0.136. The summed E-state index contributed by atoms with van der Waals surface area (Å²) in [5, 5.41) is 6.73. The van der Waals surface area contributed by atoms with E-state index in [4.69, 9.17) is 0 Å². The first-order valence-electron chi connectivity index (χ1n) is 8.68. The van der Waals surface area contributed by atoms with Crippen LogP contribution < -0.4 is 10.6 Å². The van der Waals surface area contributed by atoms with Crippen LogP contribution in [0.3, 0.4) is 0 Å². The number of hydrogen-bond acceptors (Lipinski definition) is 2. The van der Waals surface area contributed by atoms with Gasteiger partial charge in [-0.3, -0.25) is 4.79 Å². The van der Waals surface area contributed by atoms with Crippen molar-refractivity contribution in [3.8, 4) is 0 Å². The Morgan fingerprint density at radius 3 is 2.44 bits per heavy atom. The van der Waals surface area contributed by atoms with E-state index in [9.17, 15) is 4.79 Å². The first kappa shape index (κ1) is 13.2.